The van der Waals surface area contributed by atoms with E-state index < -0.39 is 10.1 Å². The number of rotatable bonds is 5. The molecule has 0 heterocycles. The van der Waals surface area contributed by atoms with Gasteiger partial charge in [-0.2, -0.15) is 8.42 Å². The number of ether oxygens (including phenoxy) is 1. The molecule has 0 aliphatic heterocycles. The van der Waals surface area contributed by atoms with Crippen LogP contribution in [0.1, 0.15) is 12.5 Å². The lowest BCUT2D eigenvalue weighted by atomic mass is 10.2. The number of hydrogen-bond donors (Lipinski definition) is 0. The van der Waals surface area contributed by atoms with Gasteiger partial charge in [0.15, 0.2) is 5.17 Å². The quantitative estimate of drug-likeness (QED) is 0.610. The van der Waals surface area contributed by atoms with Crippen LogP contribution in [-0.4, -0.2) is 26.5 Å². The van der Waals surface area contributed by atoms with Crippen LogP contribution < -0.4 is 4.74 Å². The standard InChI is InChI=1S/C10H12ClNO4S/c1-3-15-9-6-4-8(5-7-9)10(11)12-16-17(2,13)14/h4-7H,3H2,1-2H3/b12-10-. The minimum atomic E-state index is -3.64. The predicted molar refractivity (Wildman–Crippen MR) is 65.9 cm³/mol. The summed E-state index contributed by atoms with van der Waals surface area (Å²) in [4.78, 5) is 0. The first-order chi connectivity index (χ1) is 7.92. The van der Waals surface area contributed by atoms with E-state index in [4.69, 9.17) is 16.3 Å². The van der Waals surface area contributed by atoms with E-state index in [-0.39, 0.29) is 5.17 Å². The molecule has 0 spiro atoms. The molecule has 1 rings (SSSR count). The van der Waals surface area contributed by atoms with Gasteiger partial charge in [-0.1, -0.05) is 16.8 Å². The van der Waals surface area contributed by atoms with Crippen LogP contribution in [0.4, 0.5) is 0 Å². The second-order valence-electron chi connectivity index (χ2n) is 3.12. The van der Waals surface area contributed by atoms with Crippen molar-refractivity contribution < 1.29 is 17.4 Å². The Bertz CT molecular complexity index is 496. The molecule has 17 heavy (non-hydrogen) atoms. The van der Waals surface area contributed by atoms with Crippen molar-refractivity contribution >= 4 is 26.9 Å². The first-order valence-electron chi connectivity index (χ1n) is 4.77. The lowest BCUT2D eigenvalue weighted by molar-refractivity contribution is 0.340. The van der Waals surface area contributed by atoms with Crippen LogP contribution in [0.5, 0.6) is 5.75 Å². The monoisotopic (exact) mass is 277 g/mol. The summed E-state index contributed by atoms with van der Waals surface area (Å²) in [6.07, 6.45) is 0.888. The first kappa shape index (κ1) is 13.8. The third-order valence-corrected chi connectivity index (χ3v) is 2.29. The molecule has 7 heteroatoms. The number of nitrogens with zero attached hydrogens (tertiary/aromatic N) is 1. The maximum absolute atomic E-state index is 10.7. The Hall–Kier alpha value is -1.27. The third kappa shape index (κ3) is 5.06. The highest BCUT2D eigenvalue weighted by Crippen LogP contribution is 2.14. The second-order valence-corrected chi connectivity index (χ2v) is 5.03. The van der Waals surface area contributed by atoms with E-state index in [1.165, 1.54) is 0 Å². The van der Waals surface area contributed by atoms with Crippen molar-refractivity contribution in [2.45, 2.75) is 6.92 Å². The highest BCUT2D eigenvalue weighted by atomic mass is 35.5. The zero-order valence-corrected chi connectivity index (χ0v) is 11.0. The molecule has 0 saturated heterocycles. The minimum absolute atomic E-state index is 0.0431. The maximum atomic E-state index is 10.7. The molecule has 0 aliphatic carbocycles. The Morgan fingerprint density at radius 2 is 1.94 bits per heavy atom. The fourth-order valence-corrected chi connectivity index (χ4v) is 1.42. The van der Waals surface area contributed by atoms with E-state index in [9.17, 15) is 8.42 Å². The Morgan fingerprint density at radius 3 is 2.41 bits per heavy atom. The molecule has 1 aromatic rings. The molecule has 0 radical (unpaired) electrons. The molecule has 0 saturated carbocycles. The van der Waals surface area contributed by atoms with Gasteiger partial charge in [-0.15, -0.1) is 0 Å². The molecule has 0 atom stereocenters. The predicted octanol–water partition coefficient (Wildman–Crippen LogP) is 1.96. The minimum Gasteiger partial charge on any atom is -0.494 e. The van der Waals surface area contributed by atoms with Crippen LogP contribution in [0.25, 0.3) is 0 Å². The van der Waals surface area contributed by atoms with Gasteiger partial charge in [-0.25, -0.2) is 0 Å². The Morgan fingerprint density at radius 1 is 1.35 bits per heavy atom. The third-order valence-electron chi connectivity index (χ3n) is 1.66. The molecule has 0 amide bonds. The fraction of sp³-hybridized carbons (Fsp3) is 0.300. The highest BCUT2D eigenvalue weighted by molar-refractivity contribution is 7.85. The summed E-state index contributed by atoms with van der Waals surface area (Å²) in [5.74, 6) is 0.699. The smallest absolute Gasteiger partial charge is 0.325 e. The summed E-state index contributed by atoms with van der Waals surface area (Å²) in [6, 6.07) is 6.72. The van der Waals surface area contributed by atoms with Gasteiger partial charge in [0.2, 0.25) is 0 Å². The summed E-state index contributed by atoms with van der Waals surface area (Å²) in [7, 11) is -3.64. The first-order valence-corrected chi connectivity index (χ1v) is 6.97. The number of oxime groups is 1. The van der Waals surface area contributed by atoms with Crippen molar-refractivity contribution in [3.63, 3.8) is 0 Å². The molecule has 0 aliphatic rings. The SMILES string of the molecule is CCOc1ccc(/C(Cl)=N/OS(C)(=O)=O)cc1. The summed E-state index contributed by atoms with van der Waals surface area (Å²) < 4.78 is 30.9. The van der Waals surface area contributed by atoms with Crippen molar-refractivity contribution in [2.75, 3.05) is 12.9 Å². The summed E-state index contributed by atoms with van der Waals surface area (Å²) in [5, 5.41) is 3.25. The lowest BCUT2D eigenvalue weighted by Crippen LogP contribution is -2.00. The Labute approximate surface area is 105 Å². The number of benzene rings is 1. The van der Waals surface area contributed by atoms with Gasteiger partial charge in [-0.3, -0.25) is 4.28 Å². The van der Waals surface area contributed by atoms with Crippen molar-refractivity contribution in [2.24, 2.45) is 5.16 Å². The highest BCUT2D eigenvalue weighted by Gasteiger charge is 2.04. The number of halogens is 1. The summed E-state index contributed by atoms with van der Waals surface area (Å²) >= 11 is 5.76. The molecule has 1 aromatic carbocycles. The molecular weight excluding hydrogens is 266 g/mol. The van der Waals surface area contributed by atoms with Gasteiger partial charge < -0.3 is 4.74 Å². The van der Waals surface area contributed by atoms with Gasteiger partial charge in [0.05, 0.1) is 12.9 Å². The van der Waals surface area contributed by atoms with E-state index in [2.05, 4.69) is 9.44 Å². The molecule has 0 fully saturated rings. The van der Waals surface area contributed by atoms with Crippen LogP contribution in [0.3, 0.4) is 0 Å². The van der Waals surface area contributed by atoms with Crippen LogP contribution >= 0.6 is 11.6 Å². The van der Waals surface area contributed by atoms with Crippen LogP contribution in [0.15, 0.2) is 29.4 Å². The van der Waals surface area contributed by atoms with E-state index >= 15 is 0 Å². The van der Waals surface area contributed by atoms with Gasteiger partial charge in [0.25, 0.3) is 0 Å². The number of hydrogen-bond acceptors (Lipinski definition) is 5. The summed E-state index contributed by atoms with van der Waals surface area (Å²) in [5.41, 5.74) is 0.541. The maximum Gasteiger partial charge on any atom is 0.325 e. The van der Waals surface area contributed by atoms with Gasteiger partial charge in [0, 0.05) is 5.56 Å². The zero-order valence-electron chi connectivity index (χ0n) is 9.38. The second kappa shape index (κ2) is 5.88. The van der Waals surface area contributed by atoms with Crippen molar-refractivity contribution in [1.29, 1.82) is 0 Å². The molecule has 0 bridgehead atoms. The molecular formula is C10H12ClNO4S. The Kier molecular flexibility index (Phi) is 4.77. The Balaban J connectivity index is 2.79. The van der Waals surface area contributed by atoms with Crippen molar-refractivity contribution in [3.05, 3.63) is 29.8 Å². The van der Waals surface area contributed by atoms with Gasteiger partial charge in [-0.05, 0) is 31.2 Å². The van der Waals surface area contributed by atoms with Crippen LogP contribution in [0.2, 0.25) is 0 Å². The van der Waals surface area contributed by atoms with Crippen LogP contribution in [-0.2, 0) is 14.4 Å². The normalized spacial score (nSPS) is 12.3. The fourth-order valence-electron chi connectivity index (χ4n) is 1.01. The van der Waals surface area contributed by atoms with E-state index in [0.717, 1.165) is 6.26 Å². The van der Waals surface area contributed by atoms with Crippen LogP contribution in [0, 0.1) is 0 Å². The average molecular weight is 278 g/mol. The molecule has 94 valence electrons. The molecule has 0 N–H and O–H groups in total. The summed E-state index contributed by atoms with van der Waals surface area (Å²) in [6.45, 7) is 2.45. The topological polar surface area (TPSA) is 65.0 Å². The largest absolute Gasteiger partial charge is 0.494 e. The van der Waals surface area contributed by atoms with E-state index in [0.29, 0.717) is 17.9 Å². The van der Waals surface area contributed by atoms with Gasteiger partial charge >= 0.3 is 10.1 Å². The lowest BCUT2D eigenvalue weighted by Gasteiger charge is -2.03. The van der Waals surface area contributed by atoms with Gasteiger partial charge in [0.1, 0.15) is 5.75 Å². The average Bonchev–Trinajstić information content (AvgIpc) is 2.26. The van der Waals surface area contributed by atoms with E-state index in [1.807, 2.05) is 6.92 Å². The molecule has 0 aromatic heterocycles. The molecule has 0 unspecified atom stereocenters. The van der Waals surface area contributed by atoms with Crippen molar-refractivity contribution in [3.8, 4) is 5.75 Å². The van der Waals surface area contributed by atoms with E-state index in [1.54, 1.807) is 24.3 Å². The van der Waals surface area contributed by atoms with Crippen molar-refractivity contribution in [1.82, 2.24) is 0 Å². The molecule has 5 nitrogen and oxygen atoms in total. The zero-order chi connectivity index (χ0) is 12.9.